The molecular formula is C17H17F3O. The van der Waals surface area contributed by atoms with Crippen molar-refractivity contribution in [3.05, 3.63) is 53.6 Å². The molecule has 0 aliphatic heterocycles. The molecule has 4 heteroatoms. The van der Waals surface area contributed by atoms with Crippen LogP contribution in [0.3, 0.4) is 0 Å². The number of benzene rings is 2. The van der Waals surface area contributed by atoms with Gasteiger partial charge >= 0.3 is 6.18 Å². The van der Waals surface area contributed by atoms with Crippen LogP contribution < -0.4 is 4.74 Å². The van der Waals surface area contributed by atoms with Crippen molar-refractivity contribution in [3.8, 4) is 16.9 Å². The molecule has 0 heterocycles. The summed E-state index contributed by atoms with van der Waals surface area (Å²) >= 11 is 0. The van der Waals surface area contributed by atoms with Gasteiger partial charge in [-0.2, -0.15) is 13.2 Å². The van der Waals surface area contributed by atoms with E-state index in [1.807, 2.05) is 24.3 Å². The van der Waals surface area contributed by atoms with Gasteiger partial charge in [0.1, 0.15) is 5.75 Å². The topological polar surface area (TPSA) is 9.23 Å². The largest absolute Gasteiger partial charge is 0.496 e. The van der Waals surface area contributed by atoms with Gasteiger partial charge in [0, 0.05) is 5.56 Å². The lowest BCUT2D eigenvalue weighted by Gasteiger charge is -2.13. The van der Waals surface area contributed by atoms with Crippen LogP contribution in [-0.2, 0) is 6.18 Å². The third-order valence-corrected chi connectivity index (χ3v) is 3.42. The van der Waals surface area contributed by atoms with Gasteiger partial charge in [-0.05, 0) is 29.2 Å². The van der Waals surface area contributed by atoms with Crippen molar-refractivity contribution in [2.24, 2.45) is 0 Å². The van der Waals surface area contributed by atoms with Crippen molar-refractivity contribution in [1.29, 1.82) is 0 Å². The van der Waals surface area contributed by atoms with Gasteiger partial charge in [0.2, 0.25) is 0 Å². The van der Waals surface area contributed by atoms with E-state index >= 15 is 0 Å². The molecule has 0 unspecified atom stereocenters. The molecule has 2 aromatic rings. The average Bonchev–Trinajstić information content (AvgIpc) is 2.45. The highest BCUT2D eigenvalue weighted by atomic mass is 19.4. The van der Waals surface area contributed by atoms with Gasteiger partial charge in [0.15, 0.2) is 0 Å². The molecule has 0 atom stereocenters. The van der Waals surface area contributed by atoms with Gasteiger partial charge in [0.05, 0.1) is 12.7 Å². The Hall–Kier alpha value is -1.97. The van der Waals surface area contributed by atoms with Crippen LogP contribution in [-0.4, -0.2) is 7.11 Å². The maximum atomic E-state index is 12.7. The Labute approximate surface area is 122 Å². The standard InChI is InChI=1S/C17H17F3O/c1-11(2)12-4-6-13(7-5-12)15-9-8-14(17(18,19)20)10-16(15)21-3/h4-11H,1-3H3. The number of halogens is 3. The van der Waals surface area contributed by atoms with E-state index in [1.54, 1.807) is 0 Å². The van der Waals surface area contributed by atoms with Crippen molar-refractivity contribution in [1.82, 2.24) is 0 Å². The Balaban J connectivity index is 2.44. The van der Waals surface area contributed by atoms with Gasteiger partial charge in [0.25, 0.3) is 0 Å². The highest BCUT2D eigenvalue weighted by molar-refractivity contribution is 5.71. The zero-order valence-electron chi connectivity index (χ0n) is 12.2. The molecule has 21 heavy (non-hydrogen) atoms. The smallest absolute Gasteiger partial charge is 0.416 e. The molecule has 1 nitrogen and oxygen atoms in total. The molecule has 0 bridgehead atoms. The maximum absolute atomic E-state index is 12.7. The van der Waals surface area contributed by atoms with Crippen LogP contribution >= 0.6 is 0 Å². The summed E-state index contributed by atoms with van der Waals surface area (Å²) in [6.07, 6.45) is -4.37. The van der Waals surface area contributed by atoms with Crippen LogP contribution in [0.5, 0.6) is 5.75 Å². The molecule has 0 radical (unpaired) electrons. The molecule has 0 aliphatic carbocycles. The molecule has 0 saturated carbocycles. The summed E-state index contributed by atoms with van der Waals surface area (Å²) < 4.78 is 43.3. The summed E-state index contributed by atoms with van der Waals surface area (Å²) in [6.45, 7) is 4.18. The quantitative estimate of drug-likeness (QED) is 0.725. The van der Waals surface area contributed by atoms with Crippen LogP contribution in [0.1, 0.15) is 30.9 Å². The van der Waals surface area contributed by atoms with Crippen molar-refractivity contribution in [2.75, 3.05) is 7.11 Å². The number of alkyl halides is 3. The van der Waals surface area contributed by atoms with Gasteiger partial charge < -0.3 is 4.74 Å². The molecule has 2 aromatic carbocycles. The first-order valence-electron chi connectivity index (χ1n) is 6.68. The minimum absolute atomic E-state index is 0.224. The Morgan fingerprint density at radius 1 is 0.952 bits per heavy atom. The third-order valence-electron chi connectivity index (χ3n) is 3.42. The molecular weight excluding hydrogens is 277 g/mol. The van der Waals surface area contributed by atoms with E-state index in [0.717, 1.165) is 17.7 Å². The monoisotopic (exact) mass is 294 g/mol. The highest BCUT2D eigenvalue weighted by Crippen LogP contribution is 2.37. The normalized spacial score (nSPS) is 11.8. The second kappa shape index (κ2) is 5.80. The molecule has 0 spiro atoms. The van der Waals surface area contributed by atoms with Crippen LogP contribution in [0.15, 0.2) is 42.5 Å². The minimum atomic E-state index is -4.37. The number of hydrogen-bond acceptors (Lipinski definition) is 1. The summed E-state index contributed by atoms with van der Waals surface area (Å²) in [5.41, 5.74) is 1.97. The second-order valence-electron chi connectivity index (χ2n) is 5.19. The van der Waals surface area contributed by atoms with Crippen molar-refractivity contribution < 1.29 is 17.9 Å². The van der Waals surface area contributed by atoms with E-state index in [0.29, 0.717) is 11.5 Å². The fraction of sp³-hybridized carbons (Fsp3) is 0.294. The van der Waals surface area contributed by atoms with E-state index in [-0.39, 0.29) is 5.75 Å². The van der Waals surface area contributed by atoms with Crippen LogP contribution in [0.4, 0.5) is 13.2 Å². The number of ether oxygens (including phenoxy) is 1. The lowest BCUT2D eigenvalue weighted by atomic mass is 9.97. The number of methoxy groups -OCH3 is 1. The van der Waals surface area contributed by atoms with Gasteiger partial charge in [-0.1, -0.05) is 44.2 Å². The zero-order chi connectivity index (χ0) is 15.6. The van der Waals surface area contributed by atoms with Crippen molar-refractivity contribution >= 4 is 0 Å². The lowest BCUT2D eigenvalue weighted by Crippen LogP contribution is -2.05. The van der Waals surface area contributed by atoms with Gasteiger partial charge in [-0.25, -0.2) is 0 Å². The number of hydrogen-bond donors (Lipinski definition) is 0. The maximum Gasteiger partial charge on any atom is 0.416 e. The van der Waals surface area contributed by atoms with Crippen LogP contribution in [0.2, 0.25) is 0 Å². The molecule has 112 valence electrons. The first kappa shape index (κ1) is 15.4. The third kappa shape index (κ3) is 3.38. The SMILES string of the molecule is COc1cc(C(F)(F)F)ccc1-c1ccc(C(C)C)cc1. The molecule has 0 amide bonds. The van der Waals surface area contributed by atoms with Crippen molar-refractivity contribution in [2.45, 2.75) is 25.9 Å². The van der Waals surface area contributed by atoms with E-state index in [4.69, 9.17) is 4.74 Å². The summed E-state index contributed by atoms with van der Waals surface area (Å²) in [4.78, 5) is 0. The van der Waals surface area contributed by atoms with Crippen LogP contribution in [0.25, 0.3) is 11.1 Å². The molecule has 0 N–H and O–H groups in total. The Morgan fingerprint density at radius 3 is 2.05 bits per heavy atom. The van der Waals surface area contributed by atoms with E-state index < -0.39 is 11.7 Å². The fourth-order valence-electron chi connectivity index (χ4n) is 2.15. The van der Waals surface area contributed by atoms with Crippen molar-refractivity contribution in [3.63, 3.8) is 0 Å². The summed E-state index contributed by atoms with van der Waals surface area (Å²) in [7, 11) is 1.38. The molecule has 0 aliphatic rings. The first-order chi connectivity index (χ1) is 9.82. The zero-order valence-corrected chi connectivity index (χ0v) is 12.2. The second-order valence-corrected chi connectivity index (χ2v) is 5.19. The predicted octanol–water partition coefficient (Wildman–Crippen LogP) is 5.50. The van der Waals surface area contributed by atoms with Gasteiger partial charge in [-0.15, -0.1) is 0 Å². The Bertz CT molecular complexity index is 613. The number of rotatable bonds is 3. The summed E-state index contributed by atoms with van der Waals surface area (Å²) in [5.74, 6) is 0.635. The minimum Gasteiger partial charge on any atom is -0.496 e. The fourth-order valence-corrected chi connectivity index (χ4v) is 2.15. The van der Waals surface area contributed by atoms with Gasteiger partial charge in [-0.3, -0.25) is 0 Å². The summed E-state index contributed by atoms with van der Waals surface area (Å²) in [5, 5.41) is 0. The van der Waals surface area contributed by atoms with E-state index in [2.05, 4.69) is 13.8 Å². The van der Waals surface area contributed by atoms with E-state index in [9.17, 15) is 13.2 Å². The lowest BCUT2D eigenvalue weighted by molar-refractivity contribution is -0.137. The van der Waals surface area contributed by atoms with E-state index in [1.165, 1.54) is 18.7 Å². The summed E-state index contributed by atoms with van der Waals surface area (Å²) in [6, 6.07) is 11.3. The predicted molar refractivity (Wildman–Crippen MR) is 77.5 cm³/mol. The molecule has 0 fully saturated rings. The molecule has 2 rings (SSSR count). The molecule has 0 saturated heterocycles. The van der Waals surface area contributed by atoms with Crippen LogP contribution in [0, 0.1) is 0 Å². The first-order valence-corrected chi connectivity index (χ1v) is 6.68. The Kier molecular flexibility index (Phi) is 4.26. The highest BCUT2D eigenvalue weighted by Gasteiger charge is 2.31. The average molecular weight is 294 g/mol. The molecule has 0 aromatic heterocycles. The Morgan fingerprint density at radius 2 is 1.57 bits per heavy atom.